The van der Waals surface area contributed by atoms with Crippen molar-refractivity contribution in [3.05, 3.63) is 24.4 Å². The van der Waals surface area contributed by atoms with E-state index in [1.54, 1.807) is 0 Å². The zero-order chi connectivity index (χ0) is 7.23. The highest BCUT2D eigenvalue weighted by Gasteiger charge is 1.91. The molecule has 1 aliphatic heterocycles. The van der Waals surface area contributed by atoms with Crippen molar-refractivity contribution in [3.8, 4) is 0 Å². The molecule has 0 spiro atoms. The van der Waals surface area contributed by atoms with Crippen LogP contribution in [0.4, 0.5) is 0 Å². The Balaban J connectivity index is 2.57. The van der Waals surface area contributed by atoms with E-state index in [0.29, 0.717) is 0 Å². The van der Waals surface area contributed by atoms with Crippen LogP contribution < -0.4 is 0 Å². The minimum absolute atomic E-state index is 1.05. The molecule has 0 bridgehead atoms. The summed E-state index contributed by atoms with van der Waals surface area (Å²) < 4.78 is 1.05. The van der Waals surface area contributed by atoms with Gasteiger partial charge in [-0.3, -0.25) is 4.99 Å². The Morgan fingerprint density at radius 1 is 1.40 bits per heavy atom. The van der Waals surface area contributed by atoms with Crippen LogP contribution in [-0.2, 0) is 0 Å². The molecule has 54 valence electrons. The van der Waals surface area contributed by atoms with Gasteiger partial charge in [0.25, 0.3) is 0 Å². The van der Waals surface area contributed by atoms with Crippen LogP contribution in [-0.4, -0.2) is 4.62 Å². The zero-order valence-corrected chi connectivity index (χ0v) is 7.34. The Morgan fingerprint density at radius 2 is 2.30 bits per heavy atom. The summed E-state index contributed by atoms with van der Waals surface area (Å²) in [5, 5.41) is 0. The van der Waals surface area contributed by atoms with Gasteiger partial charge in [-0.2, -0.15) is 0 Å². The van der Waals surface area contributed by atoms with Crippen LogP contribution >= 0.6 is 15.9 Å². The molecular weight excluding hydrogens is 190 g/mol. The summed E-state index contributed by atoms with van der Waals surface area (Å²) in [4.78, 5) is 4.15. The molecule has 0 aliphatic carbocycles. The molecular formula is C8H10BrN. The third-order valence-electron chi connectivity index (χ3n) is 1.30. The number of hydrogen-bond donors (Lipinski definition) is 0. The minimum atomic E-state index is 1.05. The second-order valence-electron chi connectivity index (χ2n) is 2.17. The first-order valence-corrected chi connectivity index (χ1v) is 4.23. The van der Waals surface area contributed by atoms with E-state index in [1.807, 2.05) is 18.4 Å². The van der Waals surface area contributed by atoms with Gasteiger partial charge >= 0.3 is 0 Å². The van der Waals surface area contributed by atoms with Crippen molar-refractivity contribution in [1.82, 2.24) is 0 Å². The molecule has 1 heterocycles. The van der Waals surface area contributed by atoms with Crippen molar-refractivity contribution < 1.29 is 0 Å². The number of hydrogen-bond acceptors (Lipinski definition) is 1. The molecule has 0 saturated heterocycles. The van der Waals surface area contributed by atoms with E-state index < -0.39 is 0 Å². The van der Waals surface area contributed by atoms with E-state index in [4.69, 9.17) is 0 Å². The van der Waals surface area contributed by atoms with Crippen LogP contribution in [0.15, 0.2) is 29.4 Å². The molecule has 0 aromatic heterocycles. The zero-order valence-electron chi connectivity index (χ0n) is 5.76. The van der Waals surface area contributed by atoms with Crippen LogP contribution in [0.5, 0.6) is 0 Å². The molecule has 0 aromatic rings. The van der Waals surface area contributed by atoms with Crippen molar-refractivity contribution >= 4 is 20.6 Å². The number of halogens is 1. The first-order chi connectivity index (χ1) is 4.89. The summed E-state index contributed by atoms with van der Waals surface area (Å²) >= 11 is 3.38. The second-order valence-corrected chi connectivity index (χ2v) is 3.08. The molecule has 0 unspecified atom stereocenters. The third kappa shape index (κ3) is 2.97. The van der Waals surface area contributed by atoms with Crippen LogP contribution in [0.25, 0.3) is 0 Å². The van der Waals surface area contributed by atoms with Gasteiger partial charge in [-0.15, -0.1) is 0 Å². The van der Waals surface area contributed by atoms with Crippen molar-refractivity contribution in [2.45, 2.75) is 19.3 Å². The lowest BCUT2D eigenvalue weighted by atomic mass is 10.2. The molecule has 0 radical (unpaired) electrons. The van der Waals surface area contributed by atoms with Crippen LogP contribution in [0.3, 0.4) is 0 Å². The van der Waals surface area contributed by atoms with Gasteiger partial charge in [0, 0.05) is 6.20 Å². The molecule has 0 N–H and O–H groups in total. The van der Waals surface area contributed by atoms with Crippen LogP contribution in [0, 0.1) is 0 Å². The van der Waals surface area contributed by atoms with E-state index in [-0.39, 0.29) is 0 Å². The monoisotopic (exact) mass is 199 g/mol. The number of rotatable bonds is 0. The average molecular weight is 200 g/mol. The van der Waals surface area contributed by atoms with Gasteiger partial charge < -0.3 is 0 Å². The largest absolute Gasteiger partial charge is 0.254 e. The molecule has 0 fully saturated rings. The lowest BCUT2D eigenvalue weighted by Crippen LogP contribution is -1.83. The topological polar surface area (TPSA) is 12.4 Å². The summed E-state index contributed by atoms with van der Waals surface area (Å²) in [6, 6.07) is 0. The standard InChI is InChI=1S/C8H10BrN/c9-8-6-4-2-1-3-5-7-10-8/h1,3,5,7H,2,4,6H2/b3-1-,7-5-,10-8+. The van der Waals surface area contributed by atoms with Crippen molar-refractivity contribution in [3.63, 3.8) is 0 Å². The lowest BCUT2D eigenvalue weighted by molar-refractivity contribution is 0.902. The van der Waals surface area contributed by atoms with Gasteiger partial charge in [-0.25, -0.2) is 0 Å². The van der Waals surface area contributed by atoms with Gasteiger partial charge in [0.05, 0.1) is 4.62 Å². The molecule has 10 heavy (non-hydrogen) atoms. The molecule has 2 heteroatoms. The summed E-state index contributed by atoms with van der Waals surface area (Å²) in [5.74, 6) is 0. The maximum absolute atomic E-state index is 4.15. The van der Waals surface area contributed by atoms with Gasteiger partial charge in [0.2, 0.25) is 0 Å². The average Bonchev–Trinajstić information content (AvgIpc) is 2.02. The van der Waals surface area contributed by atoms with Crippen LogP contribution in [0.1, 0.15) is 19.3 Å². The Morgan fingerprint density at radius 3 is 3.20 bits per heavy atom. The summed E-state index contributed by atoms with van der Waals surface area (Å²) in [6.07, 6.45) is 11.3. The highest BCUT2D eigenvalue weighted by Crippen LogP contribution is 2.06. The van der Waals surface area contributed by atoms with Crippen molar-refractivity contribution in [1.29, 1.82) is 0 Å². The molecule has 0 aromatic carbocycles. The number of allylic oxidation sites excluding steroid dienone is 3. The SMILES string of the molecule is Br/C1=N/C=C\C=C/CCC1. The Kier molecular flexibility index (Phi) is 3.44. The first-order valence-electron chi connectivity index (χ1n) is 3.43. The quantitative estimate of drug-likeness (QED) is 0.569. The fraction of sp³-hybridized carbons (Fsp3) is 0.375. The first kappa shape index (κ1) is 7.73. The van der Waals surface area contributed by atoms with Gasteiger partial charge in [-0.1, -0.05) is 12.2 Å². The Hall–Kier alpha value is -0.370. The minimum Gasteiger partial charge on any atom is -0.254 e. The number of nitrogens with zero attached hydrogens (tertiary/aromatic N) is 1. The Bertz CT molecular complexity index is 180. The second kappa shape index (κ2) is 4.45. The molecule has 1 rings (SSSR count). The van der Waals surface area contributed by atoms with Gasteiger partial charge in [0.15, 0.2) is 0 Å². The van der Waals surface area contributed by atoms with E-state index in [2.05, 4.69) is 27.0 Å². The van der Waals surface area contributed by atoms with Crippen LogP contribution in [0.2, 0.25) is 0 Å². The summed E-state index contributed by atoms with van der Waals surface area (Å²) in [6.45, 7) is 0. The fourth-order valence-corrected chi connectivity index (χ4v) is 1.18. The Labute approximate surface area is 69.7 Å². The predicted octanol–water partition coefficient (Wildman–Crippen LogP) is 3.03. The summed E-state index contributed by atoms with van der Waals surface area (Å²) in [5.41, 5.74) is 0. The third-order valence-corrected chi connectivity index (χ3v) is 1.90. The predicted molar refractivity (Wildman–Crippen MR) is 48.5 cm³/mol. The van der Waals surface area contributed by atoms with Gasteiger partial charge in [0.1, 0.15) is 0 Å². The van der Waals surface area contributed by atoms with E-state index in [0.717, 1.165) is 17.5 Å². The van der Waals surface area contributed by atoms with Crippen molar-refractivity contribution in [2.24, 2.45) is 4.99 Å². The molecule has 1 aliphatic rings. The molecule has 0 atom stereocenters. The number of aliphatic imine (C=N–C) groups is 1. The molecule has 1 nitrogen and oxygen atoms in total. The highest BCUT2D eigenvalue weighted by molar-refractivity contribution is 9.18. The maximum Gasteiger partial charge on any atom is 0.0829 e. The molecule has 0 amide bonds. The molecule has 0 saturated carbocycles. The fourth-order valence-electron chi connectivity index (χ4n) is 0.779. The normalized spacial score (nSPS) is 30.7. The smallest absolute Gasteiger partial charge is 0.0829 e. The lowest BCUT2D eigenvalue weighted by Gasteiger charge is -1.91. The summed E-state index contributed by atoms with van der Waals surface area (Å²) in [7, 11) is 0. The maximum atomic E-state index is 4.15. The highest BCUT2D eigenvalue weighted by atomic mass is 79.9. The van der Waals surface area contributed by atoms with Gasteiger partial charge in [-0.05, 0) is 41.3 Å². The van der Waals surface area contributed by atoms with E-state index in [9.17, 15) is 0 Å². The van der Waals surface area contributed by atoms with E-state index >= 15 is 0 Å². The van der Waals surface area contributed by atoms with E-state index in [1.165, 1.54) is 6.42 Å². The van der Waals surface area contributed by atoms with Crippen molar-refractivity contribution in [2.75, 3.05) is 0 Å².